The van der Waals surface area contributed by atoms with Crippen molar-refractivity contribution in [1.29, 1.82) is 0 Å². The van der Waals surface area contributed by atoms with Crippen molar-refractivity contribution < 1.29 is 29.3 Å². The quantitative estimate of drug-likeness (QED) is 0.480. The second-order valence-corrected chi connectivity index (χ2v) is 7.61. The number of carboxylic acids is 1. The van der Waals surface area contributed by atoms with Gasteiger partial charge in [-0.05, 0) is 60.7 Å². The molecule has 1 aromatic heterocycles. The van der Waals surface area contributed by atoms with Crippen LogP contribution in [0.25, 0.3) is 0 Å². The number of carbonyl (C=O) groups is 2. The molecule has 0 unspecified atom stereocenters. The number of rotatable bonds is 8. The number of β-amino-alcohol motifs (C(OH)–C–C–N with tert-alkyl or cyclic N) is 1. The number of ether oxygens (including phenoxy) is 2. The summed E-state index contributed by atoms with van der Waals surface area (Å²) < 4.78 is 11.5. The van der Waals surface area contributed by atoms with E-state index in [0.717, 1.165) is 0 Å². The molecule has 1 fully saturated rings. The molecule has 3 aromatic rings. The Hall–Kier alpha value is -3.95. The fraction of sp³-hybridized carbons (Fsp3) is 0.208. The molecule has 0 bridgehead atoms. The molecule has 9 nitrogen and oxygen atoms in total. The molecule has 33 heavy (non-hydrogen) atoms. The van der Waals surface area contributed by atoms with Gasteiger partial charge in [0, 0.05) is 25.0 Å². The molecule has 170 valence electrons. The Morgan fingerprint density at radius 3 is 2.39 bits per heavy atom. The summed E-state index contributed by atoms with van der Waals surface area (Å²) in [7, 11) is 0. The zero-order valence-corrected chi connectivity index (χ0v) is 17.6. The summed E-state index contributed by atoms with van der Waals surface area (Å²) in [6.45, 7) is 0.763. The Balaban J connectivity index is 1.26. The number of carboxylic acid groups (broad SMARTS) is 1. The molecule has 2 atom stereocenters. The molecular formula is C24H23N3O6. The third-order valence-corrected chi connectivity index (χ3v) is 5.08. The topological polar surface area (TPSA) is 121 Å². The largest absolute Gasteiger partial charge is 0.486 e. The molecule has 9 heteroatoms. The van der Waals surface area contributed by atoms with E-state index in [2.05, 4.69) is 10.3 Å². The second-order valence-electron chi connectivity index (χ2n) is 7.61. The van der Waals surface area contributed by atoms with Crippen LogP contribution in [-0.4, -0.2) is 63.8 Å². The lowest BCUT2D eigenvalue weighted by atomic mass is 10.2. The fourth-order valence-electron chi connectivity index (χ4n) is 3.48. The lowest BCUT2D eigenvalue weighted by Gasteiger charge is -2.17. The van der Waals surface area contributed by atoms with Gasteiger partial charge < -0.3 is 25.0 Å². The van der Waals surface area contributed by atoms with Crippen molar-refractivity contribution in [2.45, 2.75) is 12.2 Å². The van der Waals surface area contributed by atoms with E-state index in [0.29, 0.717) is 36.0 Å². The molecule has 0 saturated carbocycles. The molecule has 0 aliphatic carbocycles. The molecule has 1 aliphatic heterocycles. The summed E-state index contributed by atoms with van der Waals surface area (Å²) in [5, 5.41) is 22.1. The molecule has 0 spiro atoms. The van der Waals surface area contributed by atoms with Crippen LogP contribution in [0, 0.1) is 0 Å². The number of amides is 1. The van der Waals surface area contributed by atoms with Gasteiger partial charge in [0.05, 0.1) is 18.3 Å². The smallest absolute Gasteiger partial charge is 0.335 e. The van der Waals surface area contributed by atoms with Crippen molar-refractivity contribution in [2.24, 2.45) is 0 Å². The minimum absolute atomic E-state index is 0.100. The van der Waals surface area contributed by atoms with Crippen LogP contribution in [-0.2, 0) is 4.79 Å². The zero-order valence-electron chi connectivity index (χ0n) is 17.6. The number of hydrogen-bond acceptors (Lipinski definition) is 7. The monoisotopic (exact) mass is 449 g/mol. The van der Waals surface area contributed by atoms with Gasteiger partial charge in [-0.3, -0.25) is 14.7 Å². The maximum atomic E-state index is 12.4. The minimum Gasteiger partial charge on any atom is -0.486 e. The third-order valence-electron chi connectivity index (χ3n) is 5.08. The van der Waals surface area contributed by atoms with Gasteiger partial charge in [-0.2, -0.15) is 0 Å². The van der Waals surface area contributed by atoms with Crippen LogP contribution in [0.15, 0.2) is 73.1 Å². The van der Waals surface area contributed by atoms with Crippen LogP contribution in [0.5, 0.6) is 17.2 Å². The number of aliphatic hydroxyl groups is 1. The molecule has 4 rings (SSSR count). The summed E-state index contributed by atoms with van der Waals surface area (Å²) in [5.41, 5.74) is 0.786. The highest BCUT2D eigenvalue weighted by Gasteiger charge is 2.34. The van der Waals surface area contributed by atoms with Gasteiger partial charge in [0.15, 0.2) is 0 Å². The number of likely N-dealkylation sites (tertiary alicyclic amines) is 1. The minimum atomic E-state index is -1.02. The van der Waals surface area contributed by atoms with Gasteiger partial charge in [0.2, 0.25) is 5.91 Å². The number of aromatic nitrogens is 1. The molecule has 0 radical (unpaired) electrons. The summed E-state index contributed by atoms with van der Waals surface area (Å²) in [5.74, 6) is 0.477. The molecule has 1 aliphatic rings. The Bertz CT molecular complexity index is 1090. The van der Waals surface area contributed by atoms with E-state index < -0.39 is 18.2 Å². The van der Waals surface area contributed by atoms with Gasteiger partial charge >= 0.3 is 5.97 Å². The number of nitrogens with zero attached hydrogens (tertiary/aromatic N) is 2. The van der Waals surface area contributed by atoms with Crippen molar-refractivity contribution in [1.82, 2.24) is 9.88 Å². The second kappa shape index (κ2) is 10.1. The molecule has 3 N–H and O–H groups in total. The number of anilines is 1. The molecule has 1 saturated heterocycles. The maximum absolute atomic E-state index is 12.4. The highest BCUT2D eigenvalue weighted by molar-refractivity contribution is 5.92. The average Bonchev–Trinajstić information content (AvgIpc) is 3.14. The molecular weight excluding hydrogens is 426 g/mol. The molecule has 1 amide bonds. The molecule has 2 aromatic carbocycles. The SMILES string of the molecule is O=C(CN1C[C@@H](O)[C@H](Oc2ccc(C(=O)O)cc2)C1)Nc1ccc(Oc2cccnc2)cc1. The Morgan fingerprint density at radius 1 is 1.00 bits per heavy atom. The number of nitrogens with one attached hydrogen (secondary N) is 1. The van der Waals surface area contributed by atoms with Crippen LogP contribution >= 0.6 is 0 Å². The maximum Gasteiger partial charge on any atom is 0.335 e. The predicted molar refractivity (Wildman–Crippen MR) is 120 cm³/mol. The van der Waals surface area contributed by atoms with Crippen LogP contribution < -0.4 is 14.8 Å². The predicted octanol–water partition coefficient (Wildman–Crippen LogP) is 2.63. The van der Waals surface area contributed by atoms with Crippen molar-refractivity contribution in [3.8, 4) is 17.2 Å². The van der Waals surface area contributed by atoms with Crippen molar-refractivity contribution in [3.05, 3.63) is 78.6 Å². The van der Waals surface area contributed by atoms with E-state index in [1.807, 2.05) is 0 Å². The molecule has 2 heterocycles. The van der Waals surface area contributed by atoms with Crippen molar-refractivity contribution >= 4 is 17.6 Å². The third kappa shape index (κ3) is 6.06. The van der Waals surface area contributed by atoms with Crippen LogP contribution in [0.2, 0.25) is 0 Å². The van der Waals surface area contributed by atoms with Crippen LogP contribution in [0.1, 0.15) is 10.4 Å². The summed E-state index contributed by atoms with van der Waals surface area (Å²) in [6, 6.07) is 16.6. The van der Waals surface area contributed by atoms with Crippen LogP contribution in [0.3, 0.4) is 0 Å². The van der Waals surface area contributed by atoms with Crippen molar-refractivity contribution in [2.75, 3.05) is 25.0 Å². The Morgan fingerprint density at radius 2 is 1.73 bits per heavy atom. The van der Waals surface area contributed by atoms with E-state index in [9.17, 15) is 14.7 Å². The highest BCUT2D eigenvalue weighted by Crippen LogP contribution is 2.23. The fourth-order valence-corrected chi connectivity index (χ4v) is 3.48. The normalized spacial score (nSPS) is 18.0. The Labute approximate surface area is 190 Å². The van der Waals surface area contributed by atoms with E-state index in [-0.39, 0.29) is 18.0 Å². The number of aliphatic hydroxyl groups excluding tert-OH is 1. The highest BCUT2D eigenvalue weighted by atomic mass is 16.5. The van der Waals surface area contributed by atoms with E-state index in [4.69, 9.17) is 14.6 Å². The van der Waals surface area contributed by atoms with Gasteiger partial charge in [0.25, 0.3) is 0 Å². The summed E-state index contributed by atoms with van der Waals surface area (Å²) >= 11 is 0. The van der Waals surface area contributed by atoms with E-state index in [1.54, 1.807) is 65.8 Å². The Kier molecular flexibility index (Phi) is 6.82. The number of carbonyl (C=O) groups excluding carboxylic acids is 1. The number of hydrogen-bond donors (Lipinski definition) is 3. The lowest BCUT2D eigenvalue weighted by molar-refractivity contribution is -0.117. The van der Waals surface area contributed by atoms with Gasteiger partial charge in [-0.25, -0.2) is 4.79 Å². The number of aromatic carboxylic acids is 1. The lowest BCUT2D eigenvalue weighted by Crippen LogP contribution is -2.33. The van der Waals surface area contributed by atoms with Crippen LogP contribution in [0.4, 0.5) is 5.69 Å². The van der Waals surface area contributed by atoms with E-state index in [1.165, 1.54) is 12.1 Å². The zero-order chi connectivity index (χ0) is 23.2. The first kappa shape index (κ1) is 22.3. The van der Waals surface area contributed by atoms with Gasteiger partial charge in [-0.1, -0.05) is 0 Å². The summed E-state index contributed by atoms with van der Waals surface area (Å²) in [4.78, 5) is 29.2. The van der Waals surface area contributed by atoms with Gasteiger partial charge in [0.1, 0.15) is 29.5 Å². The summed E-state index contributed by atoms with van der Waals surface area (Å²) in [6.07, 6.45) is 2.00. The number of benzene rings is 2. The number of pyridine rings is 1. The standard InChI is InChI=1S/C24H23N3O6/c28-21-13-27(14-22(21)33-19-7-3-16(4-8-19)24(30)31)15-23(29)26-17-5-9-18(10-6-17)32-20-2-1-11-25-12-20/h1-12,21-22,28H,13-15H2,(H,26,29)(H,30,31)/t21-,22-/m1/s1. The first-order valence-electron chi connectivity index (χ1n) is 10.3. The van der Waals surface area contributed by atoms with E-state index >= 15 is 0 Å². The van der Waals surface area contributed by atoms with Gasteiger partial charge in [-0.15, -0.1) is 0 Å². The first-order chi connectivity index (χ1) is 16.0. The first-order valence-corrected chi connectivity index (χ1v) is 10.3. The average molecular weight is 449 g/mol. The van der Waals surface area contributed by atoms with Crippen molar-refractivity contribution in [3.63, 3.8) is 0 Å².